The molecule has 0 fully saturated rings. The van der Waals surface area contributed by atoms with E-state index in [-0.39, 0.29) is 18.1 Å². The Labute approximate surface area is 199 Å². The number of thioether (sulfide) groups is 1. The van der Waals surface area contributed by atoms with Crippen LogP contribution in [0.3, 0.4) is 0 Å². The average Bonchev–Trinajstić information content (AvgIpc) is 3.23. The number of para-hydroxylation sites is 2. The lowest BCUT2D eigenvalue weighted by atomic mass is 10.1. The number of benzene rings is 2. The molecule has 0 saturated carbocycles. The molecule has 7 nitrogen and oxygen atoms in total. The van der Waals surface area contributed by atoms with Gasteiger partial charge in [-0.3, -0.25) is 14.2 Å². The quantitative estimate of drug-likeness (QED) is 0.400. The highest BCUT2D eigenvalue weighted by Crippen LogP contribution is 2.27. The van der Waals surface area contributed by atoms with Crippen molar-refractivity contribution in [2.45, 2.75) is 38.1 Å². The second-order valence-electron chi connectivity index (χ2n) is 7.42. The van der Waals surface area contributed by atoms with Gasteiger partial charge < -0.3 is 5.32 Å². The maximum Gasteiger partial charge on any atom is 0.337 e. The fourth-order valence-corrected chi connectivity index (χ4v) is 5.64. The molecule has 2 aromatic heterocycles. The van der Waals surface area contributed by atoms with Crippen molar-refractivity contribution < 1.29 is 4.79 Å². The summed E-state index contributed by atoms with van der Waals surface area (Å²) in [4.78, 5) is 44.3. The number of nitrogens with one attached hydrogen (secondary N) is 1. The molecule has 9 heteroatoms. The first kappa shape index (κ1) is 23.0. The summed E-state index contributed by atoms with van der Waals surface area (Å²) >= 11 is 2.74. The third-order valence-electron chi connectivity index (χ3n) is 5.25. The Balaban J connectivity index is 1.84. The minimum atomic E-state index is -0.590. The Kier molecular flexibility index (Phi) is 6.80. The number of fused-ring (bicyclic) bond motifs is 1. The molecule has 0 aliphatic rings. The molecule has 1 amide bonds. The van der Waals surface area contributed by atoms with Gasteiger partial charge in [-0.15, -0.1) is 11.3 Å². The van der Waals surface area contributed by atoms with E-state index < -0.39 is 11.2 Å². The van der Waals surface area contributed by atoms with Crippen molar-refractivity contribution in [2.75, 3.05) is 11.1 Å². The van der Waals surface area contributed by atoms with Crippen LogP contribution in [0.1, 0.15) is 25.0 Å². The van der Waals surface area contributed by atoms with E-state index in [2.05, 4.69) is 10.3 Å². The van der Waals surface area contributed by atoms with Crippen molar-refractivity contribution in [1.82, 2.24) is 14.1 Å². The summed E-state index contributed by atoms with van der Waals surface area (Å²) < 4.78 is 3.45. The lowest BCUT2D eigenvalue weighted by molar-refractivity contribution is -0.116. The molecule has 0 atom stereocenters. The summed E-state index contributed by atoms with van der Waals surface area (Å²) in [6.45, 7) is 5.70. The van der Waals surface area contributed by atoms with E-state index >= 15 is 0 Å². The van der Waals surface area contributed by atoms with Gasteiger partial charge in [-0.1, -0.05) is 62.0 Å². The minimum Gasteiger partial charge on any atom is -0.324 e. The van der Waals surface area contributed by atoms with Crippen LogP contribution in [0.25, 0.3) is 16.0 Å². The van der Waals surface area contributed by atoms with Gasteiger partial charge in [-0.2, -0.15) is 0 Å². The number of carbonyl (C=O) groups is 1. The second-order valence-corrected chi connectivity index (χ2v) is 9.93. The van der Waals surface area contributed by atoms with Gasteiger partial charge in [0.1, 0.15) is 11.2 Å². The molecule has 4 rings (SSSR count). The minimum absolute atomic E-state index is 0.244. The van der Waals surface area contributed by atoms with Crippen molar-refractivity contribution in [3.8, 4) is 5.69 Å². The first-order valence-corrected chi connectivity index (χ1v) is 12.5. The fraction of sp³-hybridized carbons (Fsp3) is 0.250. The third-order valence-corrected chi connectivity index (χ3v) is 7.31. The molecule has 0 aliphatic carbocycles. The Morgan fingerprint density at radius 3 is 2.55 bits per heavy atom. The zero-order valence-electron chi connectivity index (χ0n) is 18.6. The second kappa shape index (κ2) is 9.76. The maximum absolute atomic E-state index is 13.5. The van der Waals surface area contributed by atoms with E-state index in [9.17, 15) is 14.4 Å². The standard InChI is InChI=1S/C24H24N4O3S2/c1-4-16-11-9-10-15(3)19(16)25-18(29)14-27-21-20(33-23(26-21)32-5-2)22(30)28(24(27)31)17-12-7-6-8-13-17/h6-13H,4-5,14H2,1-3H3,(H,25,29). The largest absolute Gasteiger partial charge is 0.337 e. The van der Waals surface area contributed by atoms with Crippen molar-refractivity contribution >= 4 is 45.0 Å². The molecule has 0 unspecified atom stereocenters. The molecule has 2 aromatic carbocycles. The highest BCUT2D eigenvalue weighted by Gasteiger charge is 2.21. The SMILES string of the molecule is CCSc1nc2c(s1)c(=O)n(-c1ccccc1)c(=O)n2CC(=O)Nc1c(C)cccc1CC. The Morgan fingerprint density at radius 1 is 1.09 bits per heavy atom. The molecule has 0 saturated heterocycles. The van der Waals surface area contributed by atoms with E-state index in [1.165, 1.54) is 27.7 Å². The molecule has 0 radical (unpaired) electrons. The number of nitrogens with zero attached hydrogens (tertiary/aromatic N) is 3. The topological polar surface area (TPSA) is 86.0 Å². The monoisotopic (exact) mass is 480 g/mol. The number of amides is 1. The Hall–Kier alpha value is -3.17. The van der Waals surface area contributed by atoms with Gasteiger partial charge in [0.15, 0.2) is 9.99 Å². The summed E-state index contributed by atoms with van der Waals surface area (Å²) in [5, 5.41) is 2.96. The number of hydrogen-bond donors (Lipinski definition) is 1. The molecule has 170 valence electrons. The first-order valence-electron chi connectivity index (χ1n) is 10.7. The van der Waals surface area contributed by atoms with E-state index in [4.69, 9.17) is 0 Å². The number of thiazole rings is 1. The number of rotatable bonds is 7. The predicted molar refractivity (Wildman–Crippen MR) is 135 cm³/mol. The summed E-state index contributed by atoms with van der Waals surface area (Å²) in [5.74, 6) is 0.433. The molecule has 0 spiro atoms. The van der Waals surface area contributed by atoms with Gasteiger partial charge in [0.05, 0.1) is 5.69 Å². The summed E-state index contributed by atoms with van der Waals surface area (Å²) in [5.41, 5.74) is 2.40. The normalized spacial score (nSPS) is 11.1. The molecule has 4 aromatic rings. The van der Waals surface area contributed by atoms with E-state index in [1.807, 2.05) is 45.0 Å². The summed E-state index contributed by atoms with van der Waals surface area (Å²) in [6.07, 6.45) is 0.768. The fourth-order valence-electron chi connectivity index (χ4n) is 3.67. The molecule has 0 aliphatic heterocycles. The highest BCUT2D eigenvalue weighted by molar-refractivity contribution is 8.01. The number of hydrogen-bond acceptors (Lipinski definition) is 6. The van der Waals surface area contributed by atoms with Crippen LogP contribution >= 0.6 is 23.1 Å². The van der Waals surface area contributed by atoms with E-state index in [0.29, 0.717) is 14.7 Å². The van der Waals surface area contributed by atoms with Crippen LogP contribution in [0, 0.1) is 6.92 Å². The Bertz CT molecular complexity index is 1440. The molecule has 0 bridgehead atoms. The van der Waals surface area contributed by atoms with Crippen LogP contribution in [0.15, 0.2) is 62.5 Å². The zero-order valence-corrected chi connectivity index (χ0v) is 20.3. The molecular formula is C24H24N4O3S2. The van der Waals surface area contributed by atoms with Crippen LogP contribution in [0.5, 0.6) is 0 Å². The molecular weight excluding hydrogens is 456 g/mol. The number of carbonyl (C=O) groups excluding carboxylic acids is 1. The lowest BCUT2D eigenvalue weighted by Gasteiger charge is -2.15. The van der Waals surface area contributed by atoms with Gasteiger partial charge in [-0.05, 0) is 42.4 Å². The van der Waals surface area contributed by atoms with Crippen LogP contribution in [0.4, 0.5) is 5.69 Å². The number of anilines is 1. The summed E-state index contributed by atoms with van der Waals surface area (Å²) in [6, 6.07) is 14.6. The van der Waals surface area contributed by atoms with Gasteiger partial charge >= 0.3 is 5.69 Å². The van der Waals surface area contributed by atoms with Crippen molar-refractivity contribution in [3.63, 3.8) is 0 Å². The smallest absolute Gasteiger partial charge is 0.324 e. The van der Waals surface area contributed by atoms with Crippen LogP contribution in [-0.4, -0.2) is 25.8 Å². The van der Waals surface area contributed by atoms with E-state index in [1.54, 1.807) is 24.3 Å². The van der Waals surface area contributed by atoms with Crippen LogP contribution in [-0.2, 0) is 17.8 Å². The van der Waals surface area contributed by atoms with Gasteiger partial charge in [0, 0.05) is 5.69 Å². The summed E-state index contributed by atoms with van der Waals surface area (Å²) in [7, 11) is 0. The molecule has 1 N–H and O–H groups in total. The lowest BCUT2D eigenvalue weighted by Crippen LogP contribution is -2.40. The molecule has 33 heavy (non-hydrogen) atoms. The number of aryl methyl sites for hydroxylation is 2. The predicted octanol–water partition coefficient (Wildman–Crippen LogP) is 4.23. The van der Waals surface area contributed by atoms with Gasteiger partial charge in [0.2, 0.25) is 5.91 Å². The highest BCUT2D eigenvalue weighted by atomic mass is 32.2. The zero-order chi connectivity index (χ0) is 23.5. The van der Waals surface area contributed by atoms with Crippen molar-refractivity contribution in [1.29, 1.82) is 0 Å². The average molecular weight is 481 g/mol. The van der Waals surface area contributed by atoms with Gasteiger partial charge in [0.25, 0.3) is 5.56 Å². The van der Waals surface area contributed by atoms with Crippen LogP contribution < -0.4 is 16.6 Å². The Morgan fingerprint density at radius 2 is 1.85 bits per heavy atom. The van der Waals surface area contributed by atoms with E-state index in [0.717, 1.165) is 33.6 Å². The van der Waals surface area contributed by atoms with Crippen molar-refractivity contribution in [2.24, 2.45) is 0 Å². The number of aromatic nitrogens is 3. The van der Waals surface area contributed by atoms with Gasteiger partial charge in [-0.25, -0.2) is 14.3 Å². The maximum atomic E-state index is 13.5. The van der Waals surface area contributed by atoms with Crippen molar-refractivity contribution in [3.05, 3.63) is 80.5 Å². The third kappa shape index (κ3) is 4.51. The first-order chi connectivity index (χ1) is 15.9. The van der Waals surface area contributed by atoms with Crippen LogP contribution in [0.2, 0.25) is 0 Å². The molecule has 2 heterocycles.